The minimum Gasteiger partial charge on any atom is -0.478 e. The molecule has 5 heteroatoms. The Morgan fingerprint density at radius 1 is 1.42 bits per heavy atom. The van der Waals surface area contributed by atoms with Crippen LogP contribution in [0.1, 0.15) is 0 Å². The third-order valence-corrected chi connectivity index (χ3v) is 0.807. The van der Waals surface area contributed by atoms with Crippen LogP contribution >= 0.6 is 0 Å². The first-order valence-corrected chi connectivity index (χ1v) is 2.94. The lowest BCUT2D eigenvalue weighted by atomic mass is 10.6. The summed E-state index contributed by atoms with van der Waals surface area (Å²) in [4.78, 5) is 29.3. The highest BCUT2D eigenvalue weighted by Gasteiger charge is 2.06. The van der Waals surface area contributed by atoms with Crippen LogP contribution in [-0.4, -0.2) is 22.9 Å². The summed E-state index contributed by atoms with van der Waals surface area (Å²) in [5, 5.41) is 9.63. The predicted molar refractivity (Wildman–Crippen MR) is 40.1 cm³/mol. The highest BCUT2D eigenvalue weighted by Crippen LogP contribution is 1.82. The Morgan fingerprint density at radius 3 is 1.83 bits per heavy atom. The second-order valence-electron chi connectivity index (χ2n) is 1.73. The van der Waals surface area contributed by atoms with Gasteiger partial charge in [0, 0.05) is 18.2 Å². The van der Waals surface area contributed by atoms with Crippen LogP contribution in [0.5, 0.6) is 0 Å². The van der Waals surface area contributed by atoms with Gasteiger partial charge in [0.2, 0.25) is 0 Å². The zero-order valence-corrected chi connectivity index (χ0v) is 6.11. The molecular weight excluding hydrogens is 162 g/mol. The van der Waals surface area contributed by atoms with E-state index in [1.54, 1.807) is 0 Å². The molecule has 0 spiro atoms. The van der Waals surface area contributed by atoms with E-state index in [1.807, 2.05) is 5.32 Å². The van der Waals surface area contributed by atoms with Crippen LogP contribution in [0, 0.1) is 0 Å². The van der Waals surface area contributed by atoms with Crippen molar-refractivity contribution >= 4 is 17.8 Å². The molecule has 1 rings (SSSR count). The summed E-state index contributed by atoms with van der Waals surface area (Å²) in [6.45, 7) is 2.96. The van der Waals surface area contributed by atoms with Crippen molar-refractivity contribution in [1.29, 1.82) is 0 Å². The van der Waals surface area contributed by atoms with Gasteiger partial charge in [-0.2, -0.15) is 0 Å². The first-order valence-electron chi connectivity index (χ1n) is 2.94. The van der Waals surface area contributed by atoms with Crippen molar-refractivity contribution < 1.29 is 19.5 Å². The average molecular weight is 169 g/mol. The van der Waals surface area contributed by atoms with E-state index in [9.17, 15) is 14.4 Å². The van der Waals surface area contributed by atoms with Crippen LogP contribution in [0.3, 0.4) is 0 Å². The third-order valence-electron chi connectivity index (χ3n) is 0.807. The summed E-state index contributed by atoms with van der Waals surface area (Å²) < 4.78 is 0. The van der Waals surface area contributed by atoms with E-state index in [0.717, 1.165) is 6.08 Å². The van der Waals surface area contributed by atoms with Crippen molar-refractivity contribution in [1.82, 2.24) is 5.32 Å². The minimum atomic E-state index is -0.981. The summed E-state index contributed by atoms with van der Waals surface area (Å²) in [6, 6.07) is 0. The molecule has 0 aliphatic carbocycles. The number of carbonyl (C=O) groups excluding carboxylic acids is 2. The smallest absolute Gasteiger partial charge is 0.327 e. The number of rotatable bonds is 1. The average Bonchev–Trinajstić information content (AvgIpc) is 2.36. The second kappa shape index (κ2) is 4.84. The Hall–Kier alpha value is -1.91. The molecule has 2 N–H and O–H groups in total. The van der Waals surface area contributed by atoms with Crippen LogP contribution in [-0.2, 0) is 14.4 Å². The van der Waals surface area contributed by atoms with Gasteiger partial charge in [0.15, 0.2) is 0 Å². The predicted octanol–water partition coefficient (Wildman–Crippen LogP) is -0.544. The number of carbonyl (C=O) groups is 3. The first-order chi connectivity index (χ1) is 5.56. The molecule has 0 saturated carbocycles. The molecule has 5 nitrogen and oxygen atoms in total. The van der Waals surface area contributed by atoms with E-state index in [0.29, 0.717) is 0 Å². The molecule has 0 atom stereocenters. The standard InChI is InChI=1S/C4H3NO2.C3H4O2/c6-3-1-2-4(7)5-3;1-2-3(4)5/h1-2H,(H,5,6,7);2H,1H2,(H,4,5). The molecule has 0 bridgehead atoms. The Kier molecular flexibility index (Phi) is 4.07. The fraction of sp³-hybridized carbons (Fsp3) is 0. The van der Waals surface area contributed by atoms with Crippen molar-refractivity contribution in [2.75, 3.05) is 0 Å². The molecule has 0 fully saturated rings. The fourth-order valence-electron chi connectivity index (χ4n) is 0.356. The Morgan fingerprint density at radius 2 is 1.75 bits per heavy atom. The highest BCUT2D eigenvalue weighted by atomic mass is 16.4. The van der Waals surface area contributed by atoms with Crippen LogP contribution < -0.4 is 5.32 Å². The lowest BCUT2D eigenvalue weighted by molar-refractivity contribution is -0.131. The Bertz CT molecular complexity index is 238. The summed E-state index contributed by atoms with van der Waals surface area (Å²) in [6.07, 6.45) is 3.23. The van der Waals surface area contributed by atoms with Gasteiger partial charge in [-0.3, -0.25) is 14.9 Å². The van der Waals surface area contributed by atoms with Gasteiger partial charge in [-0.15, -0.1) is 0 Å². The van der Waals surface area contributed by atoms with E-state index in [1.165, 1.54) is 12.2 Å². The van der Waals surface area contributed by atoms with Gasteiger partial charge in [0.1, 0.15) is 0 Å². The van der Waals surface area contributed by atoms with Gasteiger partial charge < -0.3 is 5.11 Å². The summed E-state index contributed by atoms with van der Waals surface area (Å²) in [5.41, 5.74) is 0. The van der Waals surface area contributed by atoms with Gasteiger partial charge >= 0.3 is 5.97 Å². The van der Waals surface area contributed by atoms with Crippen LogP contribution in [0.25, 0.3) is 0 Å². The molecule has 1 aliphatic rings. The van der Waals surface area contributed by atoms with Gasteiger partial charge in [0.25, 0.3) is 11.8 Å². The maximum absolute atomic E-state index is 10.0. The topological polar surface area (TPSA) is 83.5 Å². The second-order valence-corrected chi connectivity index (χ2v) is 1.73. The van der Waals surface area contributed by atoms with Crippen LogP contribution in [0.2, 0.25) is 0 Å². The molecule has 1 heterocycles. The Balaban J connectivity index is 0.000000217. The number of hydrogen-bond acceptors (Lipinski definition) is 3. The number of imide groups is 1. The van der Waals surface area contributed by atoms with Crippen LogP contribution in [0.15, 0.2) is 24.8 Å². The number of carboxylic acids is 1. The van der Waals surface area contributed by atoms with Crippen molar-refractivity contribution in [3.8, 4) is 0 Å². The molecule has 1 aliphatic heterocycles. The quantitative estimate of drug-likeness (QED) is 0.407. The van der Waals surface area contributed by atoms with E-state index in [2.05, 4.69) is 6.58 Å². The molecule has 2 amide bonds. The van der Waals surface area contributed by atoms with E-state index >= 15 is 0 Å². The molecule has 12 heavy (non-hydrogen) atoms. The van der Waals surface area contributed by atoms with Gasteiger partial charge in [-0.05, 0) is 0 Å². The molecule has 64 valence electrons. The molecule has 0 aromatic heterocycles. The zero-order chi connectivity index (χ0) is 9.56. The van der Waals surface area contributed by atoms with Gasteiger partial charge in [-0.25, -0.2) is 4.79 Å². The molecular formula is C7H7NO4. The lowest BCUT2D eigenvalue weighted by Crippen LogP contribution is -2.19. The van der Waals surface area contributed by atoms with Crippen LogP contribution in [0.4, 0.5) is 0 Å². The molecule has 0 aromatic carbocycles. The van der Waals surface area contributed by atoms with E-state index < -0.39 is 5.97 Å². The Labute approximate surface area is 68.4 Å². The largest absolute Gasteiger partial charge is 0.478 e. The monoisotopic (exact) mass is 169 g/mol. The lowest BCUT2D eigenvalue weighted by Gasteiger charge is -1.80. The molecule has 0 aromatic rings. The molecule has 0 radical (unpaired) electrons. The van der Waals surface area contributed by atoms with E-state index in [-0.39, 0.29) is 11.8 Å². The van der Waals surface area contributed by atoms with Gasteiger partial charge in [0.05, 0.1) is 0 Å². The number of nitrogens with one attached hydrogen (secondary N) is 1. The maximum Gasteiger partial charge on any atom is 0.327 e. The summed E-state index contributed by atoms with van der Waals surface area (Å²) in [7, 11) is 0. The zero-order valence-electron chi connectivity index (χ0n) is 6.11. The number of amides is 2. The van der Waals surface area contributed by atoms with Crippen molar-refractivity contribution in [2.24, 2.45) is 0 Å². The third kappa shape index (κ3) is 4.92. The number of carboxylic acid groups (broad SMARTS) is 1. The normalized spacial score (nSPS) is 13.0. The minimum absolute atomic E-state index is 0.329. The highest BCUT2D eigenvalue weighted by molar-refractivity contribution is 6.12. The molecule has 0 saturated heterocycles. The first kappa shape index (κ1) is 10.1. The SMILES string of the molecule is C=CC(=O)O.O=C1C=CC(=O)N1. The summed E-state index contributed by atoms with van der Waals surface area (Å²) >= 11 is 0. The van der Waals surface area contributed by atoms with E-state index in [4.69, 9.17) is 5.11 Å². The van der Waals surface area contributed by atoms with Crippen molar-refractivity contribution in [3.63, 3.8) is 0 Å². The fourth-order valence-corrected chi connectivity index (χ4v) is 0.356. The molecule has 0 unspecified atom stereocenters. The number of hydrogen-bond donors (Lipinski definition) is 2. The summed E-state index contributed by atoms with van der Waals surface area (Å²) in [5.74, 6) is -1.64. The van der Waals surface area contributed by atoms with Crippen molar-refractivity contribution in [3.05, 3.63) is 24.8 Å². The van der Waals surface area contributed by atoms with Gasteiger partial charge in [-0.1, -0.05) is 6.58 Å². The van der Waals surface area contributed by atoms with Crippen molar-refractivity contribution in [2.45, 2.75) is 0 Å². The number of aliphatic carboxylic acids is 1. The maximum atomic E-state index is 10.0.